The van der Waals surface area contributed by atoms with Gasteiger partial charge in [-0.05, 0) is 0 Å². The molecule has 0 atom stereocenters. The summed E-state index contributed by atoms with van der Waals surface area (Å²) in [6.45, 7) is 10.4. The molecule has 3 aromatic rings. The molecule has 0 aliphatic heterocycles. The number of hydrogen-bond acceptors (Lipinski definition) is 0. The van der Waals surface area contributed by atoms with E-state index in [4.69, 9.17) is 0 Å². The molecule has 0 spiro atoms. The van der Waals surface area contributed by atoms with Crippen molar-refractivity contribution in [1.82, 2.24) is 0 Å². The van der Waals surface area contributed by atoms with Gasteiger partial charge in [-0.3, -0.25) is 0 Å². The Morgan fingerprint density at radius 1 is 0.848 bits per heavy atom. The van der Waals surface area contributed by atoms with Crippen molar-refractivity contribution >= 4 is 15.4 Å². The minimum absolute atomic E-state index is 0. The van der Waals surface area contributed by atoms with Gasteiger partial charge in [-0.1, -0.05) is 0 Å². The van der Waals surface area contributed by atoms with Gasteiger partial charge in [0.15, 0.2) is 0 Å². The third-order valence-corrected chi connectivity index (χ3v) is 14.8. The van der Waals surface area contributed by atoms with Crippen LogP contribution in [-0.2, 0) is 21.3 Å². The summed E-state index contributed by atoms with van der Waals surface area (Å²) in [5.41, 5.74) is 9.54. The first kappa shape index (κ1) is 25.6. The van der Waals surface area contributed by atoms with Crippen LogP contribution in [0.1, 0.15) is 44.8 Å². The predicted octanol–water partition coefficient (Wildman–Crippen LogP) is 1.75. The van der Waals surface area contributed by atoms with Crippen molar-refractivity contribution in [1.29, 1.82) is 0 Å². The summed E-state index contributed by atoms with van der Waals surface area (Å²) in [5.74, 6) is 0. The van der Waals surface area contributed by atoms with Gasteiger partial charge in [-0.25, -0.2) is 0 Å². The van der Waals surface area contributed by atoms with Crippen LogP contribution < -0.4 is 24.8 Å². The first-order chi connectivity index (χ1) is 15.2. The van der Waals surface area contributed by atoms with E-state index in [1.54, 1.807) is 6.49 Å². The van der Waals surface area contributed by atoms with Crippen LogP contribution in [0.2, 0.25) is 0 Å². The number of allylic oxidation sites excluding steroid dienone is 4. The molecule has 5 rings (SSSR count). The summed E-state index contributed by atoms with van der Waals surface area (Å²) in [6, 6.07) is 24.9. The topological polar surface area (TPSA) is 0 Å². The Kier molecular flexibility index (Phi) is 8.46. The molecule has 0 amide bonds. The molecule has 0 fully saturated rings. The van der Waals surface area contributed by atoms with E-state index >= 15 is 0 Å². The fraction of sp³-hybridized carbons (Fsp3) is 0.100. The molecule has 0 saturated carbocycles. The molecule has 0 heterocycles. The first-order valence-corrected chi connectivity index (χ1v) is 14.7. The van der Waals surface area contributed by atoms with E-state index in [0.717, 1.165) is 6.42 Å². The fourth-order valence-electron chi connectivity index (χ4n) is 4.98. The van der Waals surface area contributed by atoms with Crippen LogP contribution in [0.3, 0.4) is 0 Å². The second-order valence-electron chi connectivity index (χ2n) is 8.26. The molecule has 0 aromatic heterocycles. The van der Waals surface area contributed by atoms with Gasteiger partial charge in [0.1, 0.15) is 0 Å². The van der Waals surface area contributed by atoms with Gasteiger partial charge in [0.25, 0.3) is 0 Å². The minimum Gasteiger partial charge on any atom is -1.00 e. The molecule has 2 aliphatic carbocycles. The second-order valence-corrected chi connectivity index (χ2v) is 15.1. The van der Waals surface area contributed by atoms with Crippen molar-refractivity contribution in [3.05, 3.63) is 129 Å². The minimum atomic E-state index is -2.28. The van der Waals surface area contributed by atoms with Crippen LogP contribution >= 0.6 is 0 Å². The Hall–Kier alpha value is -2.05. The number of fused-ring (bicyclic) bond motifs is 3. The largest absolute Gasteiger partial charge is 1.00 e. The van der Waals surface area contributed by atoms with Gasteiger partial charge in [0, 0.05) is 0 Å². The SMILES string of the molecule is C=Cc1ccc2c(c1)-c1cc(C=C)ccc1[CH]2/[Zr+2]([C]1=CC=CC1)=[C](\C)c1ccccc1.[Cl-].[Cl-]. The first-order valence-electron chi connectivity index (χ1n) is 10.9. The van der Waals surface area contributed by atoms with Crippen molar-refractivity contribution < 1.29 is 46.1 Å². The van der Waals surface area contributed by atoms with Crippen LogP contribution in [-0.4, -0.2) is 3.21 Å². The van der Waals surface area contributed by atoms with Crippen LogP contribution in [0.5, 0.6) is 0 Å². The van der Waals surface area contributed by atoms with Crippen LogP contribution in [0.15, 0.2) is 101 Å². The van der Waals surface area contributed by atoms with Gasteiger partial charge >= 0.3 is 194 Å². The fourth-order valence-corrected chi connectivity index (χ4v) is 13.6. The van der Waals surface area contributed by atoms with Gasteiger partial charge in [0.05, 0.1) is 0 Å². The quantitative estimate of drug-likeness (QED) is 0.456. The van der Waals surface area contributed by atoms with Gasteiger partial charge < -0.3 is 24.8 Å². The smallest absolute Gasteiger partial charge is 1.00 e. The van der Waals surface area contributed by atoms with Crippen LogP contribution in [0.25, 0.3) is 23.3 Å². The molecule has 0 N–H and O–H groups in total. The summed E-state index contributed by atoms with van der Waals surface area (Å²) in [6.07, 6.45) is 12.0. The van der Waals surface area contributed by atoms with Crippen molar-refractivity contribution in [2.24, 2.45) is 0 Å². The maximum absolute atomic E-state index is 4.01. The molecule has 0 unspecified atom stereocenters. The second kappa shape index (κ2) is 10.9. The molecular formula is C30H26Cl2Zr. The number of benzene rings is 3. The molecule has 0 bridgehead atoms. The monoisotopic (exact) mass is 546 g/mol. The maximum atomic E-state index is 4.01. The summed E-state index contributed by atoms with van der Waals surface area (Å²) in [4.78, 5) is 0. The van der Waals surface area contributed by atoms with E-state index in [1.165, 1.54) is 38.9 Å². The normalized spacial score (nSPS) is 13.7. The molecular weight excluding hydrogens is 522 g/mol. The third-order valence-electron chi connectivity index (χ3n) is 6.55. The zero-order valence-electron chi connectivity index (χ0n) is 18.7. The van der Waals surface area contributed by atoms with Crippen molar-refractivity contribution in [2.45, 2.75) is 17.0 Å². The van der Waals surface area contributed by atoms with Crippen LogP contribution in [0, 0.1) is 0 Å². The molecule has 3 heteroatoms. The van der Waals surface area contributed by atoms with Gasteiger partial charge in [0.2, 0.25) is 0 Å². The average Bonchev–Trinajstić information content (AvgIpc) is 3.46. The van der Waals surface area contributed by atoms with E-state index < -0.39 is 21.3 Å². The summed E-state index contributed by atoms with van der Waals surface area (Å²) in [7, 11) is 0. The third kappa shape index (κ3) is 4.65. The summed E-state index contributed by atoms with van der Waals surface area (Å²) in [5, 5.41) is 0. The van der Waals surface area contributed by atoms with E-state index in [2.05, 4.69) is 105 Å². The van der Waals surface area contributed by atoms with Crippen molar-refractivity contribution in [2.75, 3.05) is 0 Å². The Balaban J connectivity index is 0.00000153. The zero-order chi connectivity index (χ0) is 21.4. The molecule has 2 aliphatic rings. The zero-order valence-corrected chi connectivity index (χ0v) is 22.7. The molecule has 0 saturated heterocycles. The Morgan fingerprint density at radius 2 is 1.42 bits per heavy atom. The van der Waals surface area contributed by atoms with E-state index in [-0.39, 0.29) is 24.8 Å². The predicted molar refractivity (Wildman–Crippen MR) is 132 cm³/mol. The maximum Gasteiger partial charge on any atom is -1.00 e. The number of rotatable bonds is 5. The molecule has 0 nitrogen and oxygen atoms in total. The summed E-state index contributed by atoms with van der Waals surface area (Å²) < 4.78 is 3.81. The Labute approximate surface area is 217 Å². The molecule has 0 radical (unpaired) electrons. The van der Waals surface area contributed by atoms with Gasteiger partial charge in [-0.15, -0.1) is 0 Å². The van der Waals surface area contributed by atoms with E-state index in [1.807, 2.05) is 12.2 Å². The Morgan fingerprint density at radius 3 is 1.91 bits per heavy atom. The van der Waals surface area contributed by atoms with Crippen LogP contribution in [0.4, 0.5) is 0 Å². The van der Waals surface area contributed by atoms with Crippen molar-refractivity contribution in [3.63, 3.8) is 0 Å². The molecule has 33 heavy (non-hydrogen) atoms. The Bertz CT molecular complexity index is 1240. The van der Waals surface area contributed by atoms with Gasteiger partial charge in [-0.2, -0.15) is 0 Å². The molecule has 164 valence electrons. The standard InChI is InChI=1S/C17H13.C8H8.C5H5.2ClH.Zr/c1-3-12-5-7-14-11-15-8-6-13(4-2)10-17(15)16(14)9-12;1-2-8-6-4-3-5-7-8;1-2-4-5-3-1;;;/h3-11H,1-2H2;3-7H,1H3;1-3H,4H2;2*1H;/q;;;;;+2/p-2. The van der Waals surface area contributed by atoms with E-state index in [0.29, 0.717) is 3.63 Å². The number of halogens is 2. The average molecular weight is 549 g/mol. The number of hydrogen-bond donors (Lipinski definition) is 0. The van der Waals surface area contributed by atoms with Crippen molar-refractivity contribution in [3.8, 4) is 11.1 Å². The molecule has 3 aromatic carbocycles. The summed E-state index contributed by atoms with van der Waals surface area (Å²) >= 11 is -2.28. The van der Waals surface area contributed by atoms with E-state index in [9.17, 15) is 0 Å².